The molecule has 2 nitrogen and oxygen atoms in total. The Kier molecular flexibility index (Phi) is 4.15. The summed E-state index contributed by atoms with van der Waals surface area (Å²) in [5.41, 5.74) is 0.354. The molecule has 1 rings (SSSR count). The molecule has 0 heterocycles. The van der Waals surface area contributed by atoms with Crippen molar-refractivity contribution in [3.05, 3.63) is 0 Å². The summed E-state index contributed by atoms with van der Waals surface area (Å²) >= 11 is 0. The molecule has 0 saturated heterocycles. The summed E-state index contributed by atoms with van der Waals surface area (Å²) in [6.07, 6.45) is 5.13. The maximum absolute atomic E-state index is 10.6. The maximum Gasteiger partial charge on any atom is 0.0439 e. The van der Waals surface area contributed by atoms with Crippen LogP contribution < -0.4 is 9.98 Å². The number of nitrogens with one attached hydrogen (secondary N) is 1. The van der Waals surface area contributed by atoms with Crippen molar-refractivity contribution >= 4 is 8.96 Å². The Labute approximate surface area is 83.4 Å². The lowest BCUT2D eigenvalue weighted by molar-refractivity contribution is -0.154. The van der Waals surface area contributed by atoms with Crippen molar-refractivity contribution in [3.63, 3.8) is 0 Å². The van der Waals surface area contributed by atoms with E-state index in [9.17, 15) is 4.89 Å². The highest BCUT2D eigenvalue weighted by Gasteiger charge is 2.34. The van der Waals surface area contributed by atoms with Gasteiger partial charge in [-0.1, -0.05) is 33.6 Å². The van der Waals surface area contributed by atoms with Crippen LogP contribution in [-0.2, 0) is 0 Å². The molecule has 1 aliphatic rings. The molecule has 3 unspecified atom stereocenters. The van der Waals surface area contributed by atoms with Gasteiger partial charge in [-0.05, 0) is 24.2 Å². The predicted molar refractivity (Wildman–Crippen MR) is 58.0 cm³/mol. The highest BCUT2D eigenvalue weighted by molar-refractivity contribution is 7.26. The van der Waals surface area contributed by atoms with Crippen LogP contribution in [0.15, 0.2) is 0 Å². The number of hydrogen-bond acceptors (Lipinski definition) is 2. The topological polar surface area (TPSA) is 35.1 Å². The van der Waals surface area contributed by atoms with Crippen LogP contribution in [0.2, 0.25) is 0 Å². The van der Waals surface area contributed by atoms with Gasteiger partial charge < -0.3 is 4.89 Å². The van der Waals surface area contributed by atoms with E-state index in [2.05, 4.69) is 25.9 Å². The van der Waals surface area contributed by atoms with Crippen LogP contribution >= 0.6 is 8.96 Å². The summed E-state index contributed by atoms with van der Waals surface area (Å²) in [4.78, 5) is 10.6. The monoisotopic (exact) mass is 203 g/mol. The first-order valence-electron chi connectivity index (χ1n) is 5.25. The van der Waals surface area contributed by atoms with Gasteiger partial charge >= 0.3 is 0 Å². The maximum atomic E-state index is 10.6. The van der Waals surface area contributed by atoms with Gasteiger partial charge in [0.15, 0.2) is 0 Å². The Morgan fingerprint density at radius 2 is 1.85 bits per heavy atom. The number of rotatable bonds is 2. The third kappa shape index (κ3) is 3.19. The molecular formula is C10H22NOP. The molecular weight excluding hydrogens is 181 g/mol. The first-order chi connectivity index (χ1) is 6.05. The van der Waals surface area contributed by atoms with E-state index < -0.39 is 8.96 Å². The SMILES string of the molecule is CC(C)(C)C1CCCCC1N[PH2+][O-]. The minimum Gasteiger partial charge on any atom is -0.669 e. The second-order valence-electron chi connectivity index (χ2n) is 5.15. The summed E-state index contributed by atoms with van der Waals surface area (Å²) in [6, 6.07) is 0.501. The molecule has 0 spiro atoms. The lowest BCUT2D eigenvalue weighted by atomic mass is 9.70. The Morgan fingerprint density at radius 3 is 2.38 bits per heavy atom. The summed E-state index contributed by atoms with van der Waals surface area (Å²) in [5.74, 6) is 0.697. The van der Waals surface area contributed by atoms with Gasteiger partial charge in [-0.2, -0.15) is 5.09 Å². The van der Waals surface area contributed by atoms with Gasteiger partial charge in [0.2, 0.25) is 0 Å². The second-order valence-corrected chi connectivity index (χ2v) is 5.72. The molecule has 78 valence electrons. The zero-order valence-corrected chi connectivity index (χ0v) is 10.1. The molecule has 3 atom stereocenters. The van der Waals surface area contributed by atoms with E-state index in [0.717, 1.165) is 0 Å². The Morgan fingerprint density at radius 1 is 1.23 bits per heavy atom. The molecule has 0 aromatic carbocycles. The van der Waals surface area contributed by atoms with E-state index in [4.69, 9.17) is 0 Å². The smallest absolute Gasteiger partial charge is 0.0439 e. The molecule has 1 fully saturated rings. The van der Waals surface area contributed by atoms with Crippen LogP contribution in [0.3, 0.4) is 0 Å². The molecule has 0 radical (unpaired) electrons. The minimum atomic E-state index is -0.783. The molecule has 0 aliphatic heterocycles. The molecule has 0 bridgehead atoms. The molecule has 0 amide bonds. The molecule has 1 saturated carbocycles. The summed E-state index contributed by atoms with van der Waals surface area (Å²) in [7, 11) is -0.783. The Hall–Kier alpha value is 0.350. The van der Waals surface area contributed by atoms with Crippen molar-refractivity contribution in [2.24, 2.45) is 11.3 Å². The van der Waals surface area contributed by atoms with Crippen molar-refractivity contribution in [3.8, 4) is 0 Å². The zero-order valence-electron chi connectivity index (χ0n) is 8.97. The number of hydrogen-bond donors (Lipinski definition) is 1. The summed E-state index contributed by atoms with van der Waals surface area (Å²) in [5, 5.41) is 3.17. The standard InChI is InChI=1S/C10H22NOP/c1-10(2,3)8-6-4-5-7-9(8)11-13-12/h8-9,11H,4-7,13H2,1-3H3. The molecule has 1 N–H and O–H groups in total. The van der Waals surface area contributed by atoms with Gasteiger partial charge in [0.25, 0.3) is 0 Å². The first kappa shape index (κ1) is 11.4. The fourth-order valence-electron chi connectivity index (χ4n) is 2.45. The van der Waals surface area contributed by atoms with Crippen LogP contribution in [0.25, 0.3) is 0 Å². The van der Waals surface area contributed by atoms with Crippen LogP contribution in [-0.4, -0.2) is 6.04 Å². The van der Waals surface area contributed by atoms with Crippen LogP contribution in [0.5, 0.6) is 0 Å². The van der Waals surface area contributed by atoms with E-state index in [-0.39, 0.29) is 0 Å². The lowest BCUT2D eigenvalue weighted by Crippen LogP contribution is -2.41. The molecule has 0 aromatic rings. The van der Waals surface area contributed by atoms with Crippen LogP contribution in [0.1, 0.15) is 46.5 Å². The minimum absolute atomic E-state index is 0.354. The van der Waals surface area contributed by atoms with Gasteiger partial charge in [-0.25, -0.2) is 0 Å². The zero-order chi connectivity index (χ0) is 9.90. The second kappa shape index (κ2) is 4.72. The summed E-state index contributed by atoms with van der Waals surface area (Å²) < 4.78 is 0. The van der Waals surface area contributed by atoms with E-state index in [1.54, 1.807) is 0 Å². The van der Waals surface area contributed by atoms with Gasteiger partial charge in [0.1, 0.15) is 0 Å². The Bertz CT molecular complexity index is 153. The van der Waals surface area contributed by atoms with E-state index in [1.807, 2.05) is 0 Å². The first-order valence-corrected chi connectivity index (χ1v) is 6.30. The predicted octanol–water partition coefficient (Wildman–Crippen LogP) is 1.78. The molecule has 0 aromatic heterocycles. The quantitative estimate of drug-likeness (QED) is 0.694. The van der Waals surface area contributed by atoms with Crippen LogP contribution in [0.4, 0.5) is 0 Å². The summed E-state index contributed by atoms with van der Waals surface area (Å²) in [6.45, 7) is 6.87. The Balaban J connectivity index is 2.56. The van der Waals surface area contributed by atoms with Gasteiger partial charge in [0, 0.05) is 15.0 Å². The van der Waals surface area contributed by atoms with Crippen LogP contribution in [0, 0.1) is 11.3 Å². The van der Waals surface area contributed by atoms with Crippen molar-refractivity contribution in [2.75, 3.05) is 0 Å². The third-order valence-electron chi connectivity index (χ3n) is 3.16. The lowest BCUT2D eigenvalue weighted by Gasteiger charge is -2.39. The van der Waals surface area contributed by atoms with Crippen molar-refractivity contribution in [1.82, 2.24) is 5.09 Å². The van der Waals surface area contributed by atoms with Gasteiger partial charge in [-0.15, -0.1) is 0 Å². The van der Waals surface area contributed by atoms with E-state index in [1.165, 1.54) is 25.7 Å². The molecule has 1 aliphatic carbocycles. The fourth-order valence-corrected chi connectivity index (χ4v) is 3.03. The van der Waals surface area contributed by atoms with Gasteiger partial charge in [0.05, 0.1) is 0 Å². The average Bonchev–Trinajstić information content (AvgIpc) is 2.04. The van der Waals surface area contributed by atoms with E-state index >= 15 is 0 Å². The molecule has 3 heteroatoms. The highest BCUT2D eigenvalue weighted by Crippen LogP contribution is 2.38. The van der Waals surface area contributed by atoms with E-state index in [0.29, 0.717) is 17.4 Å². The van der Waals surface area contributed by atoms with Gasteiger partial charge in [-0.3, -0.25) is 0 Å². The molecule has 13 heavy (non-hydrogen) atoms. The fraction of sp³-hybridized carbons (Fsp3) is 1.00. The average molecular weight is 203 g/mol. The third-order valence-corrected chi connectivity index (χ3v) is 3.72. The van der Waals surface area contributed by atoms with Crippen molar-refractivity contribution in [2.45, 2.75) is 52.5 Å². The van der Waals surface area contributed by atoms with Crippen molar-refractivity contribution in [1.29, 1.82) is 0 Å². The normalized spacial score (nSPS) is 31.4. The largest absolute Gasteiger partial charge is 0.669 e. The van der Waals surface area contributed by atoms with Crippen molar-refractivity contribution < 1.29 is 4.89 Å². The highest BCUT2D eigenvalue weighted by atomic mass is 31.1.